The molecule has 0 bridgehead atoms. The van der Waals surface area contributed by atoms with Gasteiger partial charge in [-0.1, -0.05) is 73.5 Å². The van der Waals surface area contributed by atoms with Gasteiger partial charge in [0.15, 0.2) is 0 Å². The first-order chi connectivity index (χ1) is 15.8. The van der Waals surface area contributed by atoms with Crippen molar-refractivity contribution >= 4 is 0 Å². The van der Waals surface area contributed by atoms with Crippen molar-refractivity contribution in [2.24, 2.45) is 11.8 Å². The summed E-state index contributed by atoms with van der Waals surface area (Å²) < 4.78 is 0. The topological polar surface area (TPSA) is 6.48 Å². The molecule has 0 unspecified atom stereocenters. The fraction of sp³-hybridized carbons (Fsp3) is 0.600. The Morgan fingerprint density at radius 3 is 1.28 bits per heavy atom. The second-order valence-corrected chi connectivity index (χ2v) is 10.3. The van der Waals surface area contributed by atoms with E-state index in [2.05, 4.69) is 70.5 Å². The van der Waals surface area contributed by atoms with E-state index in [9.17, 15) is 0 Å². The highest BCUT2D eigenvalue weighted by molar-refractivity contribution is 5.15. The van der Waals surface area contributed by atoms with Gasteiger partial charge in [-0.2, -0.15) is 0 Å². The molecule has 32 heavy (non-hydrogen) atoms. The minimum atomic E-state index is 0.960. The maximum absolute atomic E-state index is 2.74. The lowest BCUT2D eigenvalue weighted by Crippen LogP contribution is -2.42. The third-order valence-corrected chi connectivity index (χ3v) is 7.99. The number of benzene rings is 2. The van der Waals surface area contributed by atoms with Crippen LogP contribution in [0.4, 0.5) is 0 Å². The predicted octanol–water partition coefficient (Wildman–Crippen LogP) is 6.46. The summed E-state index contributed by atoms with van der Waals surface area (Å²) >= 11 is 0. The van der Waals surface area contributed by atoms with Crippen molar-refractivity contribution in [3.63, 3.8) is 0 Å². The van der Waals surface area contributed by atoms with E-state index in [1.165, 1.54) is 115 Å². The Morgan fingerprint density at radius 1 is 0.531 bits per heavy atom. The standard InChI is InChI=1S/C30H44N2/c1-3-9-27(10-4-1)13-7-15-29-17-21-31(22-18-29)25-26-32-23-19-30(20-24-32)16-8-14-28-11-5-2-6-12-28/h1-6,9-12,29-30H,7-8,13-26H2. The van der Waals surface area contributed by atoms with E-state index in [1.54, 1.807) is 0 Å². The van der Waals surface area contributed by atoms with Gasteiger partial charge in [0, 0.05) is 13.1 Å². The Hall–Kier alpha value is -1.64. The molecular weight excluding hydrogens is 388 g/mol. The second kappa shape index (κ2) is 13.2. The molecule has 0 atom stereocenters. The van der Waals surface area contributed by atoms with Gasteiger partial charge in [-0.05, 0) is 101 Å². The predicted molar refractivity (Wildman–Crippen MR) is 137 cm³/mol. The highest BCUT2D eigenvalue weighted by Gasteiger charge is 2.22. The van der Waals surface area contributed by atoms with Gasteiger partial charge in [-0.15, -0.1) is 0 Å². The largest absolute Gasteiger partial charge is 0.302 e. The quantitative estimate of drug-likeness (QED) is 0.402. The monoisotopic (exact) mass is 432 g/mol. The van der Waals surface area contributed by atoms with Crippen LogP contribution in [0.3, 0.4) is 0 Å². The van der Waals surface area contributed by atoms with E-state index in [0.717, 1.165) is 11.8 Å². The van der Waals surface area contributed by atoms with Gasteiger partial charge in [0.2, 0.25) is 0 Å². The molecule has 174 valence electrons. The molecule has 0 aromatic heterocycles. The fourth-order valence-electron chi connectivity index (χ4n) is 5.76. The van der Waals surface area contributed by atoms with Crippen LogP contribution in [0, 0.1) is 11.8 Å². The molecule has 2 aliphatic rings. The number of nitrogens with zero attached hydrogens (tertiary/aromatic N) is 2. The van der Waals surface area contributed by atoms with Gasteiger partial charge in [0.25, 0.3) is 0 Å². The molecule has 2 aromatic rings. The minimum Gasteiger partial charge on any atom is -0.302 e. The molecule has 0 aliphatic carbocycles. The van der Waals surface area contributed by atoms with E-state index in [4.69, 9.17) is 0 Å². The van der Waals surface area contributed by atoms with Crippen molar-refractivity contribution in [1.29, 1.82) is 0 Å². The van der Waals surface area contributed by atoms with Crippen LogP contribution < -0.4 is 0 Å². The Kier molecular flexibility index (Phi) is 9.67. The number of hydrogen-bond acceptors (Lipinski definition) is 2. The molecule has 0 N–H and O–H groups in total. The third kappa shape index (κ3) is 8.05. The summed E-state index contributed by atoms with van der Waals surface area (Å²) in [4.78, 5) is 5.47. The van der Waals surface area contributed by atoms with Crippen molar-refractivity contribution in [2.75, 3.05) is 39.3 Å². The molecule has 0 saturated carbocycles. The van der Waals surface area contributed by atoms with E-state index in [-0.39, 0.29) is 0 Å². The van der Waals surface area contributed by atoms with Gasteiger partial charge in [-0.25, -0.2) is 0 Å². The number of likely N-dealkylation sites (tertiary alicyclic amines) is 2. The smallest absolute Gasteiger partial charge is 0.0109 e. The molecule has 0 radical (unpaired) electrons. The zero-order valence-corrected chi connectivity index (χ0v) is 20.1. The summed E-state index contributed by atoms with van der Waals surface area (Å²) in [5.41, 5.74) is 3.01. The molecule has 0 amide bonds. The highest BCUT2D eigenvalue weighted by Crippen LogP contribution is 2.25. The fourth-order valence-corrected chi connectivity index (χ4v) is 5.76. The van der Waals surface area contributed by atoms with Gasteiger partial charge >= 0.3 is 0 Å². The van der Waals surface area contributed by atoms with Crippen LogP contribution in [0.5, 0.6) is 0 Å². The maximum Gasteiger partial charge on any atom is 0.0109 e. The Balaban J connectivity index is 1.02. The molecule has 2 heteroatoms. The first kappa shape index (κ1) is 23.5. The van der Waals surface area contributed by atoms with Crippen LogP contribution in [0.15, 0.2) is 60.7 Å². The first-order valence-corrected chi connectivity index (χ1v) is 13.4. The SMILES string of the molecule is c1ccc(CCCC2CCN(CCN3CCC(CCCc4ccccc4)CC3)CC2)cc1. The molecular formula is C30H44N2. The normalized spacial score (nSPS) is 19.4. The van der Waals surface area contributed by atoms with Crippen LogP contribution in [-0.2, 0) is 12.8 Å². The summed E-state index contributed by atoms with van der Waals surface area (Å²) in [6.07, 6.45) is 13.7. The second-order valence-electron chi connectivity index (χ2n) is 10.3. The maximum atomic E-state index is 2.74. The van der Waals surface area contributed by atoms with Crippen molar-refractivity contribution in [3.05, 3.63) is 71.8 Å². The van der Waals surface area contributed by atoms with Crippen LogP contribution in [0.2, 0.25) is 0 Å². The zero-order valence-electron chi connectivity index (χ0n) is 20.1. The number of hydrogen-bond donors (Lipinski definition) is 0. The highest BCUT2D eigenvalue weighted by atomic mass is 15.2. The summed E-state index contributed by atoms with van der Waals surface area (Å²) in [7, 11) is 0. The van der Waals surface area contributed by atoms with E-state index < -0.39 is 0 Å². The Labute approximate surface area is 197 Å². The molecule has 2 heterocycles. The van der Waals surface area contributed by atoms with Gasteiger partial charge in [0.05, 0.1) is 0 Å². The average molecular weight is 433 g/mol. The van der Waals surface area contributed by atoms with Crippen LogP contribution in [-0.4, -0.2) is 49.1 Å². The van der Waals surface area contributed by atoms with Gasteiger partial charge in [-0.3, -0.25) is 0 Å². The average Bonchev–Trinajstić information content (AvgIpc) is 2.86. The Morgan fingerprint density at radius 2 is 0.906 bits per heavy atom. The lowest BCUT2D eigenvalue weighted by Gasteiger charge is -2.36. The Bertz CT molecular complexity index is 662. The van der Waals surface area contributed by atoms with E-state index >= 15 is 0 Å². The molecule has 4 rings (SSSR count). The number of rotatable bonds is 11. The molecule has 0 spiro atoms. The van der Waals surface area contributed by atoms with Gasteiger partial charge < -0.3 is 9.80 Å². The van der Waals surface area contributed by atoms with Gasteiger partial charge in [0.1, 0.15) is 0 Å². The van der Waals surface area contributed by atoms with Crippen molar-refractivity contribution in [2.45, 2.75) is 64.2 Å². The van der Waals surface area contributed by atoms with E-state index in [0.29, 0.717) is 0 Å². The summed E-state index contributed by atoms with van der Waals surface area (Å²) in [6.45, 7) is 7.88. The summed E-state index contributed by atoms with van der Waals surface area (Å²) in [5, 5.41) is 0. The third-order valence-electron chi connectivity index (χ3n) is 7.99. The van der Waals surface area contributed by atoms with E-state index in [1.807, 2.05) is 0 Å². The lowest BCUT2D eigenvalue weighted by atomic mass is 9.90. The number of piperidine rings is 2. The minimum absolute atomic E-state index is 0.960. The van der Waals surface area contributed by atoms with Crippen molar-refractivity contribution in [3.8, 4) is 0 Å². The zero-order chi connectivity index (χ0) is 21.8. The molecule has 2 aromatic carbocycles. The lowest BCUT2D eigenvalue weighted by molar-refractivity contribution is 0.128. The van der Waals surface area contributed by atoms with Crippen LogP contribution >= 0.6 is 0 Å². The number of aryl methyl sites for hydroxylation is 2. The summed E-state index contributed by atoms with van der Waals surface area (Å²) in [6, 6.07) is 22.0. The first-order valence-electron chi connectivity index (χ1n) is 13.4. The molecule has 2 nitrogen and oxygen atoms in total. The molecule has 2 saturated heterocycles. The van der Waals surface area contributed by atoms with Crippen molar-refractivity contribution in [1.82, 2.24) is 9.80 Å². The van der Waals surface area contributed by atoms with Crippen molar-refractivity contribution < 1.29 is 0 Å². The summed E-state index contributed by atoms with van der Waals surface area (Å²) in [5.74, 6) is 1.92. The molecule has 2 fully saturated rings. The van der Waals surface area contributed by atoms with Crippen LogP contribution in [0.25, 0.3) is 0 Å². The molecule has 2 aliphatic heterocycles. The van der Waals surface area contributed by atoms with Crippen LogP contribution in [0.1, 0.15) is 62.5 Å².